The molecule has 1 aromatic heterocycles. The van der Waals surface area contributed by atoms with Crippen LogP contribution in [0.25, 0.3) is 0 Å². The van der Waals surface area contributed by atoms with Crippen molar-refractivity contribution >= 4 is 11.8 Å². The number of methoxy groups -OCH3 is 1. The molecule has 2 saturated heterocycles. The molecule has 0 radical (unpaired) electrons. The molecule has 5 fully saturated rings. The summed E-state index contributed by atoms with van der Waals surface area (Å²) < 4.78 is 31.4. The molecule has 40 heavy (non-hydrogen) atoms. The molecular weight excluding hydrogens is 508 g/mol. The van der Waals surface area contributed by atoms with Crippen molar-refractivity contribution < 1.29 is 33.0 Å². The van der Waals surface area contributed by atoms with Gasteiger partial charge in [0.2, 0.25) is 0 Å². The number of furan rings is 1. The van der Waals surface area contributed by atoms with E-state index in [0.29, 0.717) is 12.8 Å². The van der Waals surface area contributed by atoms with Gasteiger partial charge in [-0.25, -0.2) is 4.79 Å². The number of benzene rings is 1. The lowest BCUT2D eigenvalue weighted by molar-refractivity contribution is -0.274. The van der Waals surface area contributed by atoms with E-state index in [2.05, 4.69) is 34.6 Å². The van der Waals surface area contributed by atoms with E-state index in [1.54, 1.807) is 19.6 Å². The average Bonchev–Trinajstić information content (AvgIpc) is 3.50. The second kappa shape index (κ2) is 8.22. The molecule has 2 aliphatic heterocycles. The Morgan fingerprint density at radius 3 is 2.35 bits per heavy atom. The van der Waals surface area contributed by atoms with E-state index in [0.717, 1.165) is 24.2 Å². The highest BCUT2D eigenvalue weighted by Gasteiger charge is 2.89. The maximum Gasteiger partial charge on any atom is 0.339 e. The first kappa shape index (κ1) is 26.3. The van der Waals surface area contributed by atoms with E-state index in [9.17, 15) is 9.59 Å². The fourth-order valence-electron chi connectivity index (χ4n) is 10.4. The van der Waals surface area contributed by atoms with Crippen LogP contribution in [0.15, 0.2) is 53.3 Å². The second-order valence-corrected chi connectivity index (χ2v) is 14.0. The standard InChI is InChI=1S/C33H40O7/c1-29(2)22-16-25(38-20-10-8-7-9-11-20)32(5)21(31(22,4)24(36-6)17-23(29)34)12-14-30(3)26(19-13-15-37-18-19)39-28(35)27-33(30,32)40-27/h7-11,13,15,18,21-22,24-27H,12,14,16-17H2,1-6H3. The minimum absolute atomic E-state index is 0.0381. The van der Waals surface area contributed by atoms with Crippen LogP contribution < -0.4 is 4.74 Å². The van der Waals surface area contributed by atoms with Gasteiger partial charge in [0.05, 0.1) is 18.6 Å². The van der Waals surface area contributed by atoms with Crippen LogP contribution in [0.2, 0.25) is 0 Å². The van der Waals surface area contributed by atoms with Gasteiger partial charge in [0.1, 0.15) is 29.3 Å². The molecule has 10 atom stereocenters. The number of hydrogen-bond acceptors (Lipinski definition) is 7. The highest BCUT2D eigenvalue weighted by Crippen LogP contribution is 2.80. The van der Waals surface area contributed by atoms with Crippen LogP contribution in [0.1, 0.15) is 72.0 Å². The molecule has 1 aromatic carbocycles. The summed E-state index contributed by atoms with van der Waals surface area (Å²) in [7, 11) is 1.73. The highest BCUT2D eigenvalue weighted by molar-refractivity contribution is 5.86. The number of hydrogen-bond donors (Lipinski definition) is 0. The molecule has 5 aliphatic rings. The van der Waals surface area contributed by atoms with Crippen LogP contribution >= 0.6 is 0 Å². The number of carbonyl (C=O) groups excluding carboxylic acids is 2. The molecule has 0 amide bonds. The van der Waals surface area contributed by atoms with Crippen molar-refractivity contribution in [3.63, 3.8) is 0 Å². The third-order valence-corrected chi connectivity index (χ3v) is 12.4. The quantitative estimate of drug-likeness (QED) is 0.346. The van der Waals surface area contributed by atoms with Crippen LogP contribution in [0.5, 0.6) is 5.75 Å². The Kier molecular flexibility index (Phi) is 5.40. The predicted molar refractivity (Wildman–Crippen MR) is 145 cm³/mol. The van der Waals surface area contributed by atoms with Gasteiger partial charge in [-0.2, -0.15) is 0 Å². The third-order valence-electron chi connectivity index (χ3n) is 12.4. The van der Waals surface area contributed by atoms with Gasteiger partial charge >= 0.3 is 5.97 Å². The van der Waals surface area contributed by atoms with Crippen molar-refractivity contribution in [1.29, 1.82) is 0 Å². The van der Waals surface area contributed by atoms with E-state index < -0.39 is 34.1 Å². The van der Waals surface area contributed by atoms with Crippen molar-refractivity contribution in [2.75, 3.05) is 7.11 Å². The van der Waals surface area contributed by atoms with Gasteiger partial charge in [0.25, 0.3) is 0 Å². The summed E-state index contributed by atoms with van der Waals surface area (Å²) in [4.78, 5) is 27.1. The van der Waals surface area contributed by atoms with Crippen LogP contribution in [-0.4, -0.2) is 42.8 Å². The molecular formula is C33H40O7. The summed E-state index contributed by atoms with van der Waals surface area (Å²) >= 11 is 0. The van der Waals surface area contributed by atoms with Gasteiger partial charge in [-0.3, -0.25) is 4.79 Å². The zero-order valence-electron chi connectivity index (χ0n) is 24.3. The second-order valence-electron chi connectivity index (χ2n) is 14.0. The maximum absolute atomic E-state index is 13.6. The normalized spacial score (nSPS) is 46.8. The molecule has 10 unspecified atom stereocenters. The molecule has 7 heteroatoms. The van der Waals surface area contributed by atoms with E-state index >= 15 is 0 Å². The summed E-state index contributed by atoms with van der Waals surface area (Å²) in [6.45, 7) is 11.0. The largest absolute Gasteiger partial charge is 0.490 e. The summed E-state index contributed by atoms with van der Waals surface area (Å²) in [6.07, 6.45) is 4.39. The first-order chi connectivity index (χ1) is 19.0. The topological polar surface area (TPSA) is 87.5 Å². The van der Waals surface area contributed by atoms with Gasteiger partial charge < -0.3 is 23.4 Å². The molecule has 3 heterocycles. The lowest BCUT2D eigenvalue weighted by atomic mass is 9.34. The predicted octanol–water partition coefficient (Wildman–Crippen LogP) is 5.93. The summed E-state index contributed by atoms with van der Waals surface area (Å²) in [6, 6.07) is 11.8. The van der Waals surface area contributed by atoms with Crippen LogP contribution in [0, 0.1) is 33.5 Å². The summed E-state index contributed by atoms with van der Waals surface area (Å²) in [5, 5.41) is 0. The smallest absolute Gasteiger partial charge is 0.339 e. The van der Waals surface area contributed by atoms with Gasteiger partial charge in [0.15, 0.2) is 6.10 Å². The van der Waals surface area contributed by atoms with Crippen LogP contribution in [-0.2, 0) is 23.8 Å². The molecule has 2 aromatic rings. The highest BCUT2D eigenvalue weighted by atomic mass is 16.7. The maximum atomic E-state index is 13.6. The Hall–Kier alpha value is -2.64. The minimum Gasteiger partial charge on any atom is -0.490 e. The number of epoxide rings is 1. The van der Waals surface area contributed by atoms with E-state index in [4.69, 9.17) is 23.4 Å². The lowest BCUT2D eigenvalue weighted by Crippen LogP contribution is -2.75. The number of fused-ring (bicyclic) bond motifs is 3. The first-order valence-electron chi connectivity index (χ1n) is 14.6. The van der Waals surface area contributed by atoms with E-state index in [1.165, 1.54) is 0 Å². The van der Waals surface area contributed by atoms with Crippen molar-refractivity contribution in [2.24, 2.45) is 33.5 Å². The molecule has 7 rings (SSSR count). The van der Waals surface area contributed by atoms with Crippen LogP contribution in [0.4, 0.5) is 0 Å². The third kappa shape index (κ3) is 2.93. The molecule has 1 spiro atoms. The van der Waals surface area contributed by atoms with Crippen molar-refractivity contribution in [2.45, 2.75) is 90.3 Å². The molecule has 3 aliphatic carbocycles. The Labute approximate surface area is 235 Å². The Morgan fingerprint density at radius 2 is 1.68 bits per heavy atom. The molecule has 7 nitrogen and oxygen atoms in total. The van der Waals surface area contributed by atoms with Gasteiger partial charge in [-0.05, 0) is 49.3 Å². The number of Topliss-reactive ketones (excluding diaryl/α,β-unsaturated/α-hetero) is 1. The first-order valence-corrected chi connectivity index (χ1v) is 14.6. The van der Waals surface area contributed by atoms with Gasteiger partial charge in [0, 0.05) is 40.8 Å². The number of para-hydroxylation sites is 1. The van der Waals surface area contributed by atoms with Crippen molar-refractivity contribution in [1.82, 2.24) is 0 Å². The monoisotopic (exact) mass is 548 g/mol. The summed E-state index contributed by atoms with van der Waals surface area (Å²) in [5.74, 6) is 0.822. The zero-order valence-corrected chi connectivity index (χ0v) is 24.3. The van der Waals surface area contributed by atoms with Gasteiger partial charge in [-0.1, -0.05) is 52.8 Å². The average molecular weight is 549 g/mol. The lowest BCUT2D eigenvalue weighted by Gasteiger charge is -2.70. The number of esters is 1. The Balaban J connectivity index is 1.43. The number of rotatable bonds is 4. The molecule has 0 bridgehead atoms. The number of ketones is 1. The van der Waals surface area contributed by atoms with Crippen molar-refractivity contribution in [3.8, 4) is 5.75 Å². The Bertz CT molecular complexity index is 1340. The number of carbonyl (C=O) groups is 2. The van der Waals surface area contributed by atoms with Gasteiger partial charge in [-0.15, -0.1) is 0 Å². The summed E-state index contributed by atoms with van der Waals surface area (Å²) in [5.41, 5.74) is -1.86. The fourth-order valence-corrected chi connectivity index (χ4v) is 10.4. The number of ether oxygens (including phenoxy) is 4. The van der Waals surface area contributed by atoms with E-state index in [-0.39, 0.29) is 41.2 Å². The van der Waals surface area contributed by atoms with E-state index in [1.807, 2.05) is 36.4 Å². The molecule has 214 valence electrons. The molecule has 3 saturated carbocycles. The van der Waals surface area contributed by atoms with Crippen molar-refractivity contribution in [3.05, 3.63) is 54.5 Å². The van der Waals surface area contributed by atoms with Crippen LogP contribution in [0.3, 0.4) is 0 Å². The fraction of sp³-hybridized carbons (Fsp3) is 0.636. The molecule has 0 N–H and O–H groups in total. The minimum atomic E-state index is -0.794. The SMILES string of the molecule is COC1CC(=O)C(C)(C)C2CC(Oc3ccccc3)C3(C)C(CCC4(C)C(c5ccoc5)OC(=O)C5OC543)C12C. The zero-order chi connectivity index (χ0) is 28.3. The number of cyclic esters (lactones) is 1. The Morgan fingerprint density at radius 1 is 0.925 bits per heavy atom.